The Bertz CT molecular complexity index is 470. The van der Waals surface area contributed by atoms with Crippen molar-refractivity contribution in [1.82, 2.24) is 4.98 Å². The molecule has 0 atom stereocenters. The zero-order valence-corrected chi connectivity index (χ0v) is 11.5. The summed E-state index contributed by atoms with van der Waals surface area (Å²) in [4.78, 5) is 15.9. The molecule has 1 aliphatic rings. The van der Waals surface area contributed by atoms with E-state index in [0.717, 1.165) is 13.0 Å². The molecule has 1 fully saturated rings. The standard InChI is InChI=1S/C14H21N3O2/c1-3-14(6-7-14)9-17-12-11(15)10(5-8-16-12)13(18)19-4-2/h5,8H,3-4,6-7,9,15H2,1-2H3,(H,16,17). The van der Waals surface area contributed by atoms with Gasteiger partial charge in [0, 0.05) is 12.7 Å². The maximum absolute atomic E-state index is 11.7. The Labute approximate surface area is 113 Å². The third-order valence-corrected chi connectivity index (χ3v) is 3.82. The summed E-state index contributed by atoms with van der Waals surface area (Å²) in [5, 5.41) is 3.26. The van der Waals surface area contributed by atoms with Gasteiger partial charge in [0.05, 0.1) is 17.9 Å². The van der Waals surface area contributed by atoms with Crippen molar-refractivity contribution >= 4 is 17.5 Å². The fourth-order valence-corrected chi connectivity index (χ4v) is 2.10. The molecule has 0 unspecified atom stereocenters. The van der Waals surface area contributed by atoms with Gasteiger partial charge in [-0.15, -0.1) is 0 Å². The smallest absolute Gasteiger partial charge is 0.340 e. The van der Waals surface area contributed by atoms with Gasteiger partial charge in [0.1, 0.15) is 5.82 Å². The lowest BCUT2D eigenvalue weighted by atomic mass is 10.0. The van der Waals surface area contributed by atoms with Crippen LogP contribution in [0.4, 0.5) is 11.5 Å². The van der Waals surface area contributed by atoms with Crippen molar-refractivity contribution in [2.75, 3.05) is 24.2 Å². The minimum absolute atomic E-state index is 0.336. The van der Waals surface area contributed by atoms with Crippen molar-refractivity contribution in [3.8, 4) is 0 Å². The van der Waals surface area contributed by atoms with Crippen LogP contribution in [0.25, 0.3) is 0 Å². The molecule has 5 nitrogen and oxygen atoms in total. The largest absolute Gasteiger partial charge is 0.462 e. The van der Waals surface area contributed by atoms with Gasteiger partial charge in [0.2, 0.25) is 0 Å². The Balaban J connectivity index is 2.09. The number of nitrogens with two attached hydrogens (primary N) is 1. The van der Waals surface area contributed by atoms with Crippen molar-refractivity contribution in [2.24, 2.45) is 5.41 Å². The third-order valence-electron chi connectivity index (χ3n) is 3.82. The second-order valence-electron chi connectivity index (χ2n) is 5.05. The number of nitrogens with one attached hydrogen (secondary N) is 1. The summed E-state index contributed by atoms with van der Waals surface area (Å²) in [7, 11) is 0. The van der Waals surface area contributed by atoms with Crippen LogP contribution in [-0.2, 0) is 4.74 Å². The predicted octanol–water partition coefficient (Wildman–Crippen LogP) is 2.44. The number of carbonyl (C=O) groups excluding carboxylic acids is 1. The van der Waals surface area contributed by atoms with Crippen LogP contribution in [0.2, 0.25) is 0 Å². The molecule has 104 valence electrons. The Morgan fingerprint density at radius 3 is 2.84 bits per heavy atom. The second kappa shape index (κ2) is 5.47. The number of nitrogens with zero attached hydrogens (tertiary/aromatic N) is 1. The van der Waals surface area contributed by atoms with Crippen LogP contribution in [0.15, 0.2) is 12.3 Å². The molecule has 5 heteroatoms. The van der Waals surface area contributed by atoms with E-state index in [-0.39, 0.29) is 0 Å². The van der Waals surface area contributed by atoms with E-state index in [2.05, 4.69) is 17.2 Å². The maximum Gasteiger partial charge on any atom is 0.340 e. The van der Waals surface area contributed by atoms with Crippen molar-refractivity contribution < 1.29 is 9.53 Å². The maximum atomic E-state index is 11.7. The van der Waals surface area contributed by atoms with E-state index in [4.69, 9.17) is 10.5 Å². The molecule has 1 aliphatic carbocycles. The van der Waals surface area contributed by atoms with E-state index in [1.165, 1.54) is 12.8 Å². The van der Waals surface area contributed by atoms with Crippen LogP contribution in [0.5, 0.6) is 0 Å². The fraction of sp³-hybridized carbons (Fsp3) is 0.571. The highest BCUT2D eigenvalue weighted by Crippen LogP contribution is 2.48. The van der Waals surface area contributed by atoms with Crippen molar-refractivity contribution in [3.05, 3.63) is 17.8 Å². The van der Waals surface area contributed by atoms with Crippen molar-refractivity contribution in [2.45, 2.75) is 33.1 Å². The molecule has 1 heterocycles. The first-order valence-electron chi connectivity index (χ1n) is 6.77. The number of esters is 1. The van der Waals surface area contributed by atoms with Crippen LogP contribution < -0.4 is 11.1 Å². The van der Waals surface area contributed by atoms with E-state index in [1.54, 1.807) is 19.2 Å². The first-order valence-corrected chi connectivity index (χ1v) is 6.77. The molecule has 0 spiro atoms. The summed E-state index contributed by atoms with van der Waals surface area (Å²) >= 11 is 0. The topological polar surface area (TPSA) is 77.2 Å². The van der Waals surface area contributed by atoms with Crippen LogP contribution >= 0.6 is 0 Å². The Kier molecular flexibility index (Phi) is 3.93. The van der Waals surface area contributed by atoms with E-state index in [1.807, 2.05) is 0 Å². The van der Waals surface area contributed by atoms with E-state index in [9.17, 15) is 4.79 Å². The van der Waals surface area contributed by atoms with Gasteiger partial charge in [-0.2, -0.15) is 0 Å². The SMILES string of the molecule is CCOC(=O)c1ccnc(NCC2(CC)CC2)c1N. The van der Waals surface area contributed by atoms with Crippen LogP contribution in [0.1, 0.15) is 43.5 Å². The minimum Gasteiger partial charge on any atom is -0.462 e. The molecule has 1 aromatic heterocycles. The monoisotopic (exact) mass is 263 g/mol. The van der Waals surface area contributed by atoms with E-state index < -0.39 is 5.97 Å². The Hall–Kier alpha value is -1.78. The Morgan fingerprint density at radius 2 is 2.26 bits per heavy atom. The highest BCUT2D eigenvalue weighted by molar-refractivity contribution is 5.97. The van der Waals surface area contributed by atoms with Gasteiger partial charge in [-0.05, 0) is 37.7 Å². The van der Waals surface area contributed by atoms with Crippen molar-refractivity contribution in [3.63, 3.8) is 0 Å². The molecule has 19 heavy (non-hydrogen) atoms. The van der Waals surface area contributed by atoms with Crippen molar-refractivity contribution in [1.29, 1.82) is 0 Å². The van der Waals surface area contributed by atoms with Crippen LogP contribution in [-0.4, -0.2) is 24.1 Å². The number of carbonyl (C=O) groups is 1. The average Bonchev–Trinajstić information content (AvgIpc) is 3.18. The lowest BCUT2D eigenvalue weighted by molar-refractivity contribution is 0.0527. The number of nitrogen functional groups attached to an aromatic ring is 1. The van der Waals surface area contributed by atoms with Gasteiger partial charge in [-0.25, -0.2) is 9.78 Å². The quantitative estimate of drug-likeness (QED) is 0.771. The molecule has 0 radical (unpaired) electrons. The molecule has 3 N–H and O–H groups in total. The van der Waals surface area contributed by atoms with Gasteiger partial charge < -0.3 is 15.8 Å². The van der Waals surface area contributed by atoms with Gasteiger partial charge in [-0.1, -0.05) is 6.92 Å². The zero-order valence-electron chi connectivity index (χ0n) is 11.5. The molecule has 0 saturated heterocycles. The zero-order chi connectivity index (χ0) is 13.9. The second-order valence-corrected chi connectivity index (χ2v) is 5.05. The molecular formula is C14H21N3O2. The summed E-state index contributed by atoms with van der Waals surface area (Å²) in [6.07, 6.45) is 5.22. The summed E-state index contributed by atoms with van der Waals surface area (Å²) < 4.78 is 4.97. The van der Waals surface area contributed by atoms with Gasteiger partial charge in [-0.3, -0.25) is 0 Å². The summed E-state index contributed by atoms with van der Waals surface area (Å²) in [5.41, 5.74) is 7.12. The summed E-state index contributed by atoms with van der Waals surface area (Å²) in [6, 6.07) is 1.59. The minimum atomic E-state index is -0.401. The number of ether oxygens (including phenoxy) is 1. The molecular weight excluding hydrogens is 242 g/mol. The molecule has 2 rings (SSSR count). The lowest BCUT2D eigenvalue weighted by Gasteiger charge is -2.16. The number of hydrogen-bond acceptors (Lipinski definition) is 5. The molecule has 0 aliphatic heterocycles. The van der Waals surface area contributed by atoms with E-state index in [0.29, 0.717) is 29.1 Å². The normalized spacial score (nSPS) is 15.9. The predicted molar refractivity (Wildman–Crippen MR) is 75.1 cm³/mol. The number of pyridine rings is 1. The average molecular weight is 263 g/mol. The number of hydrogen-bond donors (Lipinski definition) is 2. The molecule has 1 saturated carbocycles. The third kappa shape index (κ3) is 2.97. The van der Waals surface area contributed by atoms with E-state index >= 15 is 0 Å². The molecule has 0 aromatic carbocycles. The number of aromatic nitrogens is 1. The van der Waals surface area contributed by atoms with Gasteiger partial charge >= 0.3 is 5.97 Å². The first-order chi connectivity index (χ1) is 9.12. The number of anilines is 2. The van der Waals surface area contributed by atoms with Gasteiger partial charge in [0.25, 0.3) is 0 Å². The molecule has 0 amide bonds. The highest BCUT2D eigenvalue weighted by atomic mass is 16.5. The lowest BCUT2D eigenvalue weighted by Crippen LogP contribution is -2.17. The van der Waals surface area contributed by atoms with Crippen LogP contribution in [0, 0.1) is 5.41 Å². The van der Waals surface area contributed by atoms with Crippen LogP contribution in [0.3, 0.4) is 0 Å². The molecule has 0 bridgehead atoms. The van der Waals surface area contributed by atoms with Gasteiger partial charge in [0.15, 0.2) is 0 Å². The first kappa shape index (κ1) is 13.6. The Morgan fingerprint density at radius 1 is 1.53 bits per heavy atom. The fourth-order valence-electron chi connectivity index (χ4n) is 2.10. The summed E-state index contributed by atoms with van der Waals surface area (Å²) in [5.74, 6) is 0.173. The summed E-state index contributed by atoms with van der Waals surface area (Å²) in [6.45, 7) is 5.16. The number of rotatable bonds is 6. The highest BCUT2D eigenvalue weighted by Gasteiger charge is 2.40. The molecule has 1 aromatic rings.